The molecule has 2 aromatic rings. The van der Waals surface area contributed by atoms with Gasteiger partial charge >= 0.3 is 6.03 Å². The number of nitrogens with one attached hydrogen (secondary N) is 1. The largest absolute Gasteiger partial charge is 0.331 e. The Bertz CT molecular complexity index is 615. The van der Waals surface area contributed by atoms with Crippen molar-refractivity contribution in [3.63, 3.8) is 0 Å². The summed E-state index contributed by atoms with van der Waals surface area (Å²) < 4.78 is 0. The van der Waals surface area contributed by atoms with Gasteiger partial charge in [-0.25, -0.2) is 4.79 Å². The number of hydrogen-bond acceptors (Lipinski definition) is 2. The molecule has 1 aliphatic rings. The molecule has 0 bridgehead atoms. The molecule has 0 radical (unpaired) electrons. The summed E-state index contributed by atoms with van der Waals surface area (Å²) in [5.41, 5.74) is 2.28. The van der Waals surface area contributed by atoms with E-state index in [1.165, 1.54) is 0 Å². The summed E-state index contributed by atoms with van der Waals surface area (Å²) in [4.78, 5) is 18.6. The second kappa shape index (κ2) is 6.60. The third-order valence-electron chi connectivity index (χ3n) is 4.24. The predicted octanol–water partition coefficient (Wildman–Crippen LogP) is 3.69. The van der Waals surface area contributed by atoms with Crippen LogP contribution in [0.4, 0.5) is 4.79 Å². The van der Waals surface area contributed by atoms with Crippen LogP contribution in [-0.4, -0.2) is 22.5 Å². The minimum absolute atomic E-state index is 0.00684. The van der Waals surface area contributed by atoms with Crippen molar-refractivity contribution in [2.45, 2.75) is 31.8 Å². The molecule has 4 nitrogen and oxygen atoms in total. The molecular weight excluding hydrogens is 274 g/mol. The Morgan fingerprint density at radius 1 is 1.23 bits per heavy atom. The maximum atomic E-state index is 12.6. The summed E-state index contributed by atoms with van der Waals surface area (Å²) in [7, 11) is 0. The van der Waals surface area contributed by atoms with Crippen molar-refractivity contribution in [1.29, 1.82) is 0 Å². The smallest absolute Gasteiger partial charge is 0.318 e. The lowest BCUT2D eigenvalue weighted by Gasteiger charge is -2.27. The number of aromatic nitrogens is 1. The third-order valence-corrected chi connectivity index (χ3v) is 4.24. The fraction of sp³-hybridized carbons (Fsp3) is 0.333. The van der Waals surface area contributed by atoms with Gasteiger partial charge in [0, 0.05) is 18.9 Å². The van der Waals surface area contributed by atoms with Crippen LogP contribution in [0, 0.1) is 0 Å². The molecule has 0 saturated carbocycles. The highest BCUT2D eigenvalue weighted by molar-refractivity contribution is 5.75. The monoisotopic (exact) mass is 295 g/mol. The van der Waals surface area contributed by atoms with Gasteiger partial charge in [-0.2, -0.15) is 0 Å². The number of benzene rings is 1. The van der Waals surface area contributed by atoms with E-state index in [0.29, 0.717) is 0 Å². The first-order chi connectivity index (χ1) is 10.8. The highest BCUT2D eigenvalue weighted by Gasteiger charge is 2.30. The van der Waals surface area contributed by atoms with Gasteiger partial charge in [0.25, 0.3) is 0 Å². The summed E-state index contributed by atoms with van der Waals surface area (Å²) in [6.07, 6.45) is 5.63. The normalized spacial score (nSPS) is 19.0. The lowest BCUT2D eigenvalue weighted by Crippen LogP contribution is -2.40. The highest BCUT2D eigenvalue weighted by Crippen LogP contribution is 2.31. The molecule has 1 N–H and O–H groups in total. The number of nitrogens with zero attached hydrogens (tertiary/aromatic N) is 2. The lowest BCUT2D eigenvalue weighted by molar-refractivity contribution is 0.189. The molecule has 2 atom stereocenters. The van der Waals surface area contributed by atoms with Gasteiger partial charge in [0.1, 0.15) is 0 Å². The molecule has 2 amide bonds. The Labute approximate surface area is 131 Å². The summed E-state index contributed by atoms with van der Waals surface area (Å²) in [5, 5.41) is 3.11. The SMILES string of the molecule is C[C@H](NC(=O)N1CCCC1c1ccncc1)c1ccccc1. The topological polar surface area (TPSA) is 45.2 Å². The Balaban J connectivity index is 1.69. The van der Waals surface area contributed by atoms with Crippen LogP contribution in [-0.2, 0) is 0 Å². The van der Waals surface area contributed by atoms with Crippen molar-refractivity contribution in [3.05, 3.63) is 66.0 Å². The molecule has 1 unspecified atom stereocenters. The van der Waals surface area contributed by atoms with E-state index in [4.69, 9.17) is 0 Å². The van der Waals surface area contributed by atoms with Gasteiger partial charge in [-0.1, -0.05) is 30.3 Å². The van der Waals surface area contributed by atoms with Crippen molar-refractivity contribution in [3.8, 4) is 0 Å². The van der Waals surface area contributed by atoms with Gasteiger partial charge in [0.15, 0.2) is 0 Å². The number of pyridine rings is 1. The van der Waals surface area contributed by atoms with E-state index in [1.54, 1.807) is 12.4 Å². The summed E-state index contributed by atoms with van der Waals surface area (Å²) in [6, 6.07) is 14.2. The van der Waals surface area contributed by atoms with Crippen LogP contribution in [0.5, 0.6) is 0 Å². The Morgan fingerprint density at radius 3 is 2.68 bits per heavy atom. The molecule has 3 rings (SSSR count). The van der Waals surface area contributed by atoms with Gasteiger partial charge in [0.2, 0.25) is 0 Å². The molecule has 114 valence electrons. The van der Waals surface area contributed by atoms with E-state index in [9.17, 15) is 4.79 Å². The van der Waals surface area contributed by atoms with E-state index in [1.807, 2.05) is 54.3 Å². The van der Waals surface area contributed by atoms with Crippen LogP contribution in [0.3, 0.4) is 0 Å². The Morgan fingerprint density at radius 2 is 1.95 bits per heavy atom. The molecule has 0 spiro atoms. The predicted molar refractivity (Wildman–Crippen MR) is 86.3 cm³/mol. The molecule has 1 fully saturated rings. The fourth-order valence-corrected chi connectivity index (χ4v) is 3.04. The summed E-state index contributed by atoms with van der Waals surface area (Å²) in [6.45, 7) is 2.82. The van der Waals surface area contributed by atoms with Gasteiger partial charge < -0.3 is 10.2 Å². The zero-order valence-corrected chi connectivity index (χ0v) is 12.8. The second-order valence-corrected chi connectivity index (χ2v) is 5.71. The Hall–Kier alpha value is -2.36. The van der Waals surface area contributed by atoms with Crippen LogP contribution in [0.15, 0.2) is 54.9 Å². The van der Waals surface area contributed by atoms with Crippen LogP contribution in [0.2, 0.25) is 0 Å². The molecule has 1 saturated heterocycles. The van der Waals surface area contributed by atoms with E-state index in [-0.39, 0.29) is 18.1 Å². The van der Waals surface area contributed by atoms with Crippen molar-refractivity contribution < 1.29 is 4.79 Å². The molecule has 22 heavy (non-hydrogen) atoms. The average Bonchev–Trinajstić information content (AvgIpc) is 3.06. The Kier molecular flexibility index (Phi) is 4.37. The minimum Gasteiger partial charge on any atom is -0.331 e. The first kappa shape index (κ1) is 14.6. The number of carbonyl (C=O) groups is 1. The molecule has 2 heterocycles. The van der Waals surface area contributed by atoms with Crippen LogP contribution < -0.4 is 5.32 Å². The summed E-state index contributed by atoms with van der Waals surface area (Å²) in [5.74, 6) is 0. The fourth-order valence-electron chi connectivity index (χ4n) is 3.04. The maximum absolute atomic E-state index is 12.6. The van der Waals surface area contributed by atoms with E-state index < -0.39 is 0 Å². The zero-order valence-electron chi connectivity index (χ0n) is 12.8. The summed E-state index contributed by atoms with van der Waals surface area (Å²) >= 11 is 0. The van der Waals surface area contributed by atoms with Crippen molar-refractivity contribution in [2.24, 2.45) is 0 Å². The van der Waals surface area contributed by atoms with Crippen LogP contribution in [0.25, 0.3) is 0 Å². The average molecular weight is 295 g/mol. The number of amides is 2. The zero-order chi connectivity index (χ0) is 15.4. The third kappa shape index (κ3) is 3.11. The first-order valence-corrected chi connectivity index (χ1v) is 7.77. The van der Waals surface area contributed by atoms with E-state index in [2.05, 4.69) is 10.3 Å². The molecule has 1 aromatic heterocycles. The minimum atomic E-state index is 0.00684. The van der Waals surface area contributed by atoms with Gasteiger partial charge in [-0.3, -0.25) is 4.98 Å². The number of carbonyl (C=O) groups excluding carboxylic acids is 1. The molecule has 0 aliphatic carbocycles. The molecule has 4 heteroatoms. The number of likely N-dealkylation sites (tertiary alicyclic amines) is 1. The van der Waals surface area contributed by atoms with Crippen molar-refractivity contribution in [1.82, 2.24) is 15.2 Å². The lowest BCUT2D eigenvalue weighted by atomic mass is 10.1. The highest BCUT2D eigenvalue weighted by atomic mass is 16.2. The second-order valence-electron chi connectivity index (χ2n) is 5.71. The number of hydrogen-bond donors (Lipinski definition) is 1. The van der Waals surface area contributed by atoms with Gasteiger partial charge in [-0.15, -0.1) is 0 Å². The van der Waals surface area contributed by atoms with Crippen LogP contribution in [0.1, 0.15) is 43.0 Å². The van der Waals surface area contributed by atoms with Crippen LogP contribution >= 0.6 is 0 Å². The van der Waals surface area contributed by atoms with Gasteiger partial charge in [-0.05, 0) is 43.0 Å². The number of urea groups is 1. The quantitative estimate of drug-likeness (QED) is 0.938. The number of rotatable bonds is 3. The molecule has 1 aliphatic heterocycles. The first-order valence-electron chi connectivity index (χ1n) is 7.77. The molecular formula is C18H21N3O. The molecule has 1 aromatic carbocycles. The van der Waals surface area contributed by atoms with Crippen molar-refractivity contribution in [2.75, 3.05) is 6.54 Å². The van der Waals surface area contributed by atoms with Gasteiger partial charge in [0.05, 0.1) is 12.1 Å². The maximum Gasteiger partial charge on any atom is 0.318 e. The van der Waals surface area contributed by atoms with E-state index >= 15 is 0 Å². The van der Waals surface area contributed by atoms with E-state index in [0.717, 1.165) is 30.5 Å². The standard InChI is InChI=1S/C18H21N3O/c1-14(15-6-3-2-4-7-15)20-18(22)21-13-5-8-17(21)16-9-11-19-12-10-16/h2-4,6-7,9-12,14,17H,5,8,13H2,1H3,(H,20,22)/t14-,17?/m0/s1. The van der Waals surface area contributed by atoms with Crippen molar-refractivity contribution >= 4 is 6.03 Å².